The molecule has 0 bridgehead atoms. The molecule has 8 heteroatoms. The van der Waals surface area contributed by atoms with Gasteiger partial charge in [-0.2, -0.15) is 10.1 Å². The minimum absolute atomic E-state index is 0.198. The number of hydrogen-bond acceptors (Lipinski definition) is 5. The number of rotatable bonds is 4. The van der Waals surface area contributed by atoms with Crippen LogP contribution in [0.15, 0.2) is 12.3 Å². The first-order valence-electron chi connectivity index (χ1n) is 5.05. The van der Waals surface area contributed by atoms with E-state index in [1.807, 2.05) is 6.92 Å². The molecule has 2 aromatic rings. The van der Waals surface area contributed by atoms with E-state index in [-0.39, 0.29) is 17.9 Å². The van der Waals surface area contributed by atoms with Crippen molar-refractivity contribution < 1.29 is 9.53 Å². The molecule has 2 aromatic heterocycles. The van der Waals surface area contributed by atoms with Crippen molar-refractivity contribution in [2.75, 3.05) is 11.9 Å². The van der Waals surface area contributed by atoms with Gasteiger partial charge in [0, 0.05) is 13.2 Å². The van der Waals surface area contributed by atoms with E-state index in [1.54, 1.807) is 24.0 Å². The predicted molar refractivity (Wildman–Crippen MR) is 58.7 cm³/mol. The van der Waals surface area contributed by atoms with Crippen LogP contribution in [0.25, 0.3) is 0 Å². The van der Waals surface area contributed by atoms with E-state index in [1.165, 1.54) is 0 Å². The van der Waals surface area contributed by atoms with Crippen molar-refractivity contribution in [3.05, 3.63) is 18.0 Å². The maximum atomic E-state index is 11.7. The molecule has 0 aliphatic heterocycles. The monoisotopic (exact) mass is 236 g/mol. The van der Waals surface area contributed by atoms with Crippen LogP contribution in [0.5, 0.6) is 6.01 Å². The molecular weight excluding hydrogens is 224 g/mol. The van der Waals surface area contributed by atoms with Crippen molar-refractivity contribution in [2.45, 2.75) is 6.92 Å². The molecule has 0 saturated carbocycles. The van der Waals surface area contributed by atoms with Crippen LogP contribution in [0, 0.1) is 0 Å². The van der Waals surface area contributed by atoms with E-state index in [9.17, 15) is 4.79 Å². The maximum absolute atomic E-state index is 11.7. The van der Waals surface area contributed by atoms with Gasteiger partial charge in [-0.15, -0.1) is 5.10 Å². The van der Waals surface area contributed by atoms with Gasteiger partial charge in [-0.1, -0.05) is 0 Å². The van der Waals surface area contributed by atoms with E-state index < -0.39 is 0 Å². The van der Waals surface area contributed by atoms with Crippen molar-refractivity contribution in [1.29, 1.82) is 0 Å². The Hall–Kier alpha value is -2.38. The molecular formula is C9H12N6O2. The molecule has 0 aromatic carbocycles. The molecule has 2 heterocycles. The Balaban J connectivity index is 2.02. The van der Waals surface area contributed by atoms with Crippen LogP contribution >= 0.6 is 0 Å². The third kappa shape index (κ3) is 2.60. The second kappa shape index (κ2) is 4.64. The molecule has 90 valence electrons. The molecule has 0 fully saturated rings. The lowest BCUT2D eigenvalue weighted by molar-refractivity contribution is 0.102. The molecule has 2 rings (SSSR count). The summed E-state index contributed by atoms with van der Waals surface area (Å²) in [7, 11) is 1.73. The van der Waals surface area contributed by atoms with E-state index in [4.69, 9.17) is 4.74 Å². The predicted octanol–water partition coefficient (Wildman–Crippen LogP) is 0.189. The van der Waals surface area contributed by atoms with Crippen molar-refractivity contribution in [3.63, 3.8) is 0 Å². The topological polar surface area (TPSA) is 97.7 Å². The van der Waals surface area contributed by atoms with Gasteiger partial charge in [-0.3, -0.25) is 14.8 Å². The number of aromatic nitrogens is 5. The van der Waals surface area contributed by atoms with Gasteiger partial charge in [0.05, 0.1) is 6.61 Å². The molecule has 0 unspecified atom stereocenters. The van der Waals surface area contributed by atoms with Crippen LogP contribution in [0.1, 0.15) is 17.4 Å². The molecule has 17 heavy (non-hydrogen) atoms. The summed E-state index contributed by atoms with van der Waals surface area (Å²) in [4.78, 5) is 15.6. The summed E-state index contributed by atoms with van der Waals surface area (Å²) >= 11 is 0. The average molecular weight is 236 g/mol. The molecule has 0 spiro atoms. The van der Waals surface area contributed by atoms with E-state index in [0.717, 1.165) is 0 Å². The Kier molecular flexibility index (Phi) is 3.03. The molecule has 8 nitrogen and oxygen atoms in total. The quantitative estimate of drug-likeness (QED) is 0.789. The van der Waals surface area contributed by atoms with Gasteiger partial charge in [0.1, 0.15) is 0 Å². The number of nitrogens with zero attached hydrogens (tertiary/aromatic N) is 4. The molecule has 0 radical (unpaired) electrons. The number of hydrogen-bond donors (Lipinski definition) is 2. The number of nitrogens with one attached hydrogen (secondary N) is 2. The number of carbonyl (C=O) groups is 1. The molecule has 2 N–H and O–H groups in total. The fourth-order valence-corrected chi connectivity index (χ4v) is 1.20. The van der Waals surface area contributed by atoms with Crippen molar-refractivity contribution in [2.24, 2.45) is 7.05 Å². The zero-order valence-corrected chi connectivity index (χ0v) is 9.47. The number of H-pyrrole nitrogens is 1. The van der Waals surface area contributed by atoms with Crippen molar-refractivity contribution in [1.82, 2.24) is 25.0 Å². The van der Waals surface area contributed by atoms with Gasteiger partial charge in [-0.25, -0.2) is 5.10 Å². The molecule has 0 saturated heterocycles. The second-order valence-corrected chi connectivity index (χ2v) is 3.23. The summed E-state index contributed by atoms with van der Waals surface area (Å²) in [6.45, 7) is 2.29. The number of amides is 1. The van der Waals surface area contributed by atoms with Crippen molar-refractivity contribution >= 4 is 11.9 Å². The Morgan fingerprint density at radius 2 is 2.47 bits per heavy atom. The highest BCUT2D eigenvalue weighted by Gasteiger charge is 2.11. The Labute approximate surface area is 97.0 Å². The van der Waals surface area contributed by atoms with Crippen LogP contribution in [-0.2, 0) is 7.05 Å². The third-order valence-electron chi connectivity index (χ3n) is 1.92. The number of aromatic amines is 1. The highest BCUT2D eigenvalue weighted by atomic mass is 16.5. The van der Waals surface area contributed by atoms with Crippen LogP contribution in [-0.4, -0.2) is 37.5 Å². The minimum Gasteiger partial charge on any atom is -0.463 e. The average Bonchev–Trinajstić information content (AvgIpc) is 2.88. The van der Waals surface area contributed by atoms with Crippen LogP contribution in [0.3, 0.4) is 0 Å². The SMILES string of the molecule is CCOc1n[nH]c(NC(=O)c2ccn(C)n2)n1. The second-order valence-electron chi connectivity index (χ2n) is 3.23. The number of carbonyl (C=O) groups excluding carboxylic acids is 1. The molecule has 0 aliphatic rings. The standard InChI is InChI=1S/C9H12N6O2/c1-3-17-9-11-8(12-13-9)10-7(16)6-4-5-15(2)14-6/h4-5H,3H2,1-2H3,(H2,10,11,12,13,16). The maximum Gasteiger partial charge on any atom is 0.337 e. The van der Waals surface area contributed by atoms with E-state index >= 15 is 0 Å². The molecule has 0 atom stereocenters. The van der Waals surface area contributed by atoms with Crippen LogP contribution in [0.2, 0.25) is 0 Å². The van der Waals surface area contributed by atoms with Crippen molar-refractivity contribution in [3.8, 4) is 6.01 Å². The highest BCUT2D eigenvalue weighted by Crippen LogP contribution is 2.06. The van der Waals surface area contributed by atoms with Gasteiger partial charge in [0.25, 0.3) is 5.91 Å². The number of ether oxygens (including phenoxy) is 1. The van der Waals surface area contributed by atoms with E-state index in [2.05, 4.69) is 25.6 Å². The first-order chi connectivity index (χ1) is 8.19. The zero-order chi connectivity index (χ0) is 12.3. The first kappa shape index (κ1) is 11.1. The fourth-order valence-electron chi connectivity index (χ4n) is 1.20. The normalized spacial score (nSPS) is 10.2. The summed E-state index contributed by atoms with van der Waals surface area (Å²) in [6.07, 6.45) is 1.68. The van der Waals surface area contributed by atoms with Gasteiger partial charge in [0.15, 0.2) is 5.69 Å². The Morgan fingerprint density at radius 1 is 1.65 bits per heavy atom. The minimum atomic E-state index is -0.357. The number of aryl methyl sites for hydroxylation is 1. The summed E-state index contributed by atoms with van der Waals surface area (Å²) < 4.78 is 6.60. The highest BCUT2D eigenvalue weighted by molar-refractivity contribution is 6.01. The van der Waals surface area contributed by atoms with Gasteiger partial charge in [-0.05, 0) is 13.0 Å². The van der Waals surface area contributed by atoms with Crippen LogP contribution < -0.4 is 10.1 Å². The lowest BCUT2D eigenvalue weighted by atomic mass is 10.4. The van der Waals surface area contributed by atoms with E-state index in [0.29, 0.717) is 12.3 Å². The smallest absolute Gasteiger partial charge is 0.337 e. The molecule has 1 amide bonds. The van der Waals surface area contributed by atoms with Crippen LogP contribution in [0.4, 0.5) is 5.95 Å². The fraction of sp³-hybridized carbons (Fsp3) is 0.333. The summed E-state index contributed by atoms with van der Waals surface area (Å²) in [5.41, 5.74) is 0.307. The van der Waals surface area contributed by atoms with Gasteiger partial charge in [0.2, 0.25) is 5.95 Å². The Morgan fingerprint density at radius 3 is 3.12 bits per heavy atom. The summed E-state index contributed by atoms with van der Waals surface area (Å²) in [5, 5.41) is 12.8. The van der Waals surface area contributed by atoms with Gasteiger partial charge < -0.3 is 4.74 Å². The summed E-state index contributed by atoms with van der Waals surface area (Å²) in [6, 6.07) is 1.80. The lowest BCUT2D eigenvalue weighted by Gasteiger charge is -1.96. The largest absolute Gasteiger partial charge is 0.463 e. The third-order valence-corrected chi connectivity index (χ3v) is 1.92. The number of anilines is 1. The summed E-state index contributed by atoms with van der Waals surface area (Å²) in [5.74, 6) is -0.131. The molecule has 0 aliphatic carbocycles. The first-order valence-corrected chi connectivity index (χ1v) is 5.05. The Bertz CT molecular complexity index is 517. The lowest BCUT2D eigenvalue weighted by Crippen LogP contribution is -2.14. The zero-order valence-electron chi connectivity index (χ0n) is 9.47. The van der Waals surface area contributed by atoms with Gasteiger partial charge >= 0.3 is 6.01 Å².